The number of rotatable bonds is 2. The van der Waals surface area contributed by atoms with Crippen LogP contribution in [-0.2, 0) is 10.0 Å². The number of aromatic nitrogens is 2. The predicted molar refractivity (Wildman–Crippen MR) is 59.7 cm³/mol. The van der Waals surface area contributed by atoms with E-state index in [9.17, 15) is 18.0 Å². The van der Waals surface area contributed by atoms with Crippen molar-refractivity contribution in [3.8, 4) is 0 Å². The minimum absolute atomic E-state index is 0.120. The Hall–Kier alpha value is -1.97. The molecule has 1 aromatic carbocycles. The Labute approximate surface area is 94.5 Å². The number of fused-ring (bicyclic) bond motifs is 1. The zero-order valence-electron chi connectivity index (χ0n) is 8.35. The van der Waals surface area contributed by atoms with Gasteiger partial charge in [0.25, 0.3) is 15.6 Å². The van der Waals surface area contributed by atoms with E-state index in [1.54, 1.807) is 4.83 Å². The van der Waals surface area contributed by atoms with Gasteiger partial charge in [0.15, 0.2) is 0 Å². The molecular formula is C8H8N4O4S. The lowest BCUT2D eigenvalue weighted by atomic mass is 10.2. The maximum atomic E-state index is 11.4. The van der Waals surface area contributed by atoms with Crippen LogP contribution in [0.1, 0.15) is 0 Å². The lowest BCUT2D eigenvalue weighted by Gasteiger charge is -2.03. The van der Waals surface area contributed by atoms with E-state index in [-0.39, 0.29) is 15.8 Å². The molecule has 9 heteroatoms. The second kappa shape index (κ2) is 3.80. The molecule has 2 rings (SSSR count). The van der Waals surface area contributed by atoms with Gasteiger partial charge < -0.3 is 4.98 Å². The molecule has 0 aliphatic carbocycles. The largest absolute Gasteiger partial charge is 0.326 e. The molecule has 0 amide bonds. The normalized spacial score (nSPS) is 11.8. The van der Waals surface area contributed by atoms with Crippen LogP contribution in [0.15, 0.2) is 32.7 Å². The van der Waals surface area contributed by atoms with Crippen molar-refractivity contribution in [2.45, 2.75) is 4.90 Å². The van der Waals surface area contributed by atoms with E-state index < -0.39 is 21.3 Å². The molecule has 0 saturated carbocycles. The van der Waals surface area contributed by atoms with Crippen molar-refractivity contribution in [1.29, 1.82) is 0 Å². The van der Waals surface area contributed by atoms with Crippen LogP contribution in [0.3, 0.4) is 0 Å². The minimum atomic E-state index is -3.82. The van der Waals surface area contributed by atoms with Crippen molar-refractivity contribution in [1.82, 2.24) is 14.8 Å². The summed E-state index contributed by atoms with van der Waals surface area (Å²) in [6.45, 7) is 0. The number of nitrogens with two attached hydrogens (primary N) is 1. The highest BCUT2D eigenvalue weighted by molar-refractivity contribution is 7.89. The van der Waals surface area contributed by atoms with E-state index in [0.29, 0.717) is 0 Å². The summed E-state index contributed by atoms with van der Waals surface area (Å²) in [5.41, 5.74) is -1.18. The first kappa shape index (κ1) is 11.5. The number of sulfonamides is 1. The Morgan fingerprint density at radius 3 is 2.53 bits per heavy atom. The maximum Gasteiger partial charge on any atom is 0.326 e. The third-order valence-corrected chi connectivity index (χ3v) is 3.36. The highest BCUT2D eigenvalue weighted by Crippen LogP contribution is 2.12. The van der Waals surface area contributed by atoms with Crippen molar-refractivity contribution in [3.05, 3.63) is 39.0 Å². The van der Waals surface area contributed by atoms with E-state index in [1.165, 1.54) is 12.1 Å². The van der Waals surface area contributed by atoms with Crippen LogP contribution in [0, 0.1) is 0 Å². The van der Waals surface area contributed by atoms with Crippen LogP contribution in [0.5, 0.6) is 0 Å². The molecule has 0 fully saturated rings. The fourth-order valence-electron chi connectivity index (χ4n) is 1.38. The summed E-state index contributed by atoms with van der Waals surface area (Å²) < 4.78 is 22.8. The molecule has 0 bridgehead atoms. The van der Waals surface area contributed by atoms with Gasteiger partial charge in [-0.15, -0.1) is 0 Å². The van der Waals surface area contributed by atoms with E-state index in [4.69, 9.17) is 5.84 Å². The van der Waals surface area contributed by atoms with Gasteiger partial charge in [0.1, 0.15) is 0 Å². The van der Waals surface area contributed by atoms with Crippen LogP contribution in [0.2, 0.25) is 0 Å². The number of nitrogens with one attached hydrogen (secondary N) is 3. The van der Waals surface area contributed by atoms with Gasteiger partial charge in [0.2, 0.25) is 0 Å². The van der Waals surface area contributed by atoms with Crippen LogP contribution < -0.4 is 21.9 Å². The molecule has 0 spiro atoms. The smallest absolute Gasteiger partial charge is 0.307 e. The monoisotopic (exact) mass is 256 g/mol. The number of aromatic amines is 2. The molecule has 17 heavy (non-hydrogen) atoms. The Balaban J connectivity index is 2.84. The van der Waals surface area contributed by atoms with Gasteiger partial charge in [-0.2, -0.15) is 4.83 Å². The molecule has 0 radical (unpaired) electrons. The van der Waals surface area contributed by atoms with Gasteiger partial charge in [-0.05, 0) is 18.2 Å². The highest BCUT2D eigenvalue weighted by atomic mass is 32.2. The van der Waals surface area contributed by atoms with Crippen molar-refractivity contribution >= 4 is 20.9 Å². The van der Waals surface area contributed by atoms with E-state index >= 15 is 0 Å². The molecule has 1 aromatic heterocycles. The minimum Gasteiger partial charge on any atom is -0.307 e. The van der Waals surface area contributed by atoms with Gasteiger partial charge in [-0.1, -0.05) is 0 Å². The van der Waals surface area contributed by atoms with Crippen molar-refractivity contribution in [3.63, 3.8) is 0 Å². The van der Waals surface area contributed by atoms with Gasteiger partial charge in [0, 0.05) is 0 Å². The summed E-state index contributed by atoms with van der Waals surface area (Å²) in [6.07, 6.45) is 0. The fourth-order valence-corrected chi connectivity index (χ4v) is 2.04. The maximum absolute atomic E-state index is 11.4. The standard InChI is InChI=1S/C8H8N4O4S/c9-12-17(15,16)4-1-2-5-6(3-4)10-8(14)11-7(5)13/h1-3,12H,9H2,(H2,10,11,13,14). The SMILES string of the molecule is NNS(=O)(=O)c1ccc2c(=O)[nH]c(=O)[nH]c2c1. The molecule has 0 aliphatic heterocycles. The van der Waals surface area contributed by atoms with Crippen LogP contribution in [-0.4, -0.2) is 18.4 Å². The van der Waals surface area contributed by atoms with Gasteiger partial charge in [-0.3, -0.25) is 15.6 Å². The van der Waals surface area contributed by atoms with Gasteiger partial charge in [-0.25, -0.2) is 13.2 Å². The number of benzene rings is 1. The van der Waals surface area contributed by atoms with E-state index in [1.807, 2.05) is 4.98 Å². The zero-order chi connectivity index (χ0) is 12.6. The van der Waals surface area contributed by atoms with Crippen molar-refractivity contribution in [2.24, 2.45) is 5.84 Å². The zero-order valence-corrected chi connectivity index (χ0v) is 9.17. The van der Waals surface area contributed by atoms with Crippen LogP contribution in [0.25, 0.3) is 10.9 Å². The molecule has 5 N–H and O–H groups in total. The first-order valence-corrected chi connectivity index (χ1v) is 5.91. The third-order valence-electron chi connectivity index (χ3n) is 2.18. The summed E-state index contributed by atoms with van der Waals surface area (Å²) in [5, 5.41) is 0.181. The van der Waals surface area contributed by atoms with Crippen LogP contribution in [0.4, 0.5) is 0 Å². The van der Waals surface area contributed by atoms with Gasteiger partial charge >= 0.3 is 5.69 Å². The van der Waals surface area contributed by atoms with E-state index in [2.05, 4.69) is 4.98 Å². The molecule has 0 atom stereocenters. The summed E-state index contributed by atoms with van der Waals surface area (Å²) >= 11 is 0. The second-order valence-corrected chi connectivity index (χ2v) is 4.95. The highest BCUT2D eigenvalue weighted by Gasteiger charge is 2.13. The van der Waals surface area contributed by atoms with Crippen molar-refractivity contribution < 1.29 is 8.42 Å². The first-order valence-electron chi connectivity index (χ1n) is 4.43. The molecule has 2 aromatic rings. The van der Waals surface area contributed by atoms with Gasteiger partial charge in [0.05, 0.1) is 15.8 Å². The lowest BCUT2D eigenvalue weighted by Crippen LogP contribution is -2.30. The molecule has 0 aliphatic rings. The molecule has 8 nitrogen and oxygen atoms in total. The lowest BCUT2D eigenvalue weighted by molar-refractivity contribution is 0.584. The summed E-state index contributed by atoms with van der Waals surface area (Å²) in [6, 6.07) is 3.65. The Bertz CT molecular complexity index is 789. The predicted octanol–water partition coefficient (Wildman–Crippen LogP) is -1.63. The number of hydrogen-bond acceptors (Lipinski definition) is 5. The summed E-state index contributed by atoms with van der Waals surface area (Å²) in [4.78, 5) is 28.3. The molecular weight excluding hydrogens is 248 g/mol. The average Bonchev–Trinajstić information content (AvgIpc) is 2.28. The number of hydrazine groups is 1. The topological polar surface area (TPSA) is 138 Å². The Morgan fingerprint density at radius 2 is 1.88 bits per heavy atom. The average molecular weight is 256 g/mol. The Kier molecular flexibility index (Phi) is 2.58. The quantitative estimate of drug-likeness (QED) is 0.377. The first-order chi connectivity index (χ1) is 7.94. The summed E-state index contributed by atoms with van der Waals surface area (Å²) in [7, 11) is -3.82. The molecule has 0 saturated heterocycles. The summed E-state index contributed by atoms with van der Waals surface area (Å²) in [5.74, 6) is 4.86. The number of hydrogen-bond donors (Lipinski definition) is 4. The molecule has 0 unspecified atom stereocenters. The Morgan fingerprint density at radius 1 is 1.18 bits per heavy atom. The molecule has 90 valence electrons. The number of H-pyrrole nitrogens is 2. The van der Waals surface area contributed by atoms with E-state index in [0.717, 1.165) is 6.07 Å². The second-order valence-electron chi connectivity index (χ2n) is 3.24. The van der Waals surface area contributed by atoms with Crippen LogP contribution >= 0.6 is 0 Å². The fraction of sp³-hybridized carbons (Fsp3) is 0. The van der Waals surface area contributed by atoms with Crippen molar-refractivity contribution in [2.75, 3.05) is 0 Å². The third kappa shape index (κ3) is 1.98. The molecule has 1 heterocycles.